The molecule has 11 atom stereocenters. The summed E-state index contributed by atoms with van der Waals surface area (Å²) in [6.45, 7) is 32.6. The van der Waals surface area contributed by atoms with Crippen LogP contribution in [0.2, 0.25) is 0 Å². The first-order chi connectivity index (χ1) is 46.4. The third-order valence-corrected chi connectivity index (χ3v) is 20.9. The molecular weight excluding hydrogens is 1190 g/mol. The van der Waals surface area contributed by atoms with Crippen molar-refractivity contribution >= 4 is 23.1 Å². The summed E-state index contributed by atoms with van der Waals surface area (Å²) in [7, 11) is 0. The summed E-state index contributed by atoms with van der Waals surface area (Å²) in [5, 5.41) is 28.7. The number of carbonyl (C=O) groups excluding carboxylic acids is 4. The Morgan fingerprint density at radius 3 is 0.887 bits per heavy atom. The lowest BCUT2D eigenvalue weighted by Gasteiger charge is -2.26. The Labute approximate surface area is 600 Å². The van der Waals surface area contributed by atoms with Gasteiger partial charge < -0.3 is 15.3 Å². The van der Waals surface area contributed by atoms with Crippen molar-refractivity contribution in [3.05, 3.63) is 93.7 Å². The number of aliphatic hydroxyl groups is 3. The fraction of sp³-hybridized carbons (Fsp3) is 0.778. The molecule has 7 heteroatoms. The maximum Gasteiger partial charge on any atom is 0.155 e. The van der Waals surface area contributed by atoms with E-state index in [1.807, 2.05) is 36.5 Å². The summed E-state index contributed by atoms with van der Waals surface area (Å²) < 4.78 is 0. The zero-order chi connectivity index (χ0) is 72.2. The van der Waals surface area contributed by atoms with Crippen LogP contribution in [0.4, 0.5) is 0 Å². The van der Waals surface area contributed by atoms with E-state index in [1.165, 1.54) is 232 Å². The third-order valence-electron chi connectivity index (χ3n) is 20.9. The molecule has 0 heterocycles. The van der Waals surface area contributed by atoms with Gasteiger partial charge in [0.1, 0.15) is 0 Å². The average Bonchev–Trinajstić information content (AvgIpc) is 1.76. The van der Waals surface area contributed by atoms with Crippen molar-refractivity contribution in [1.82, 2.24) is 0 Å². The topological polar surface area (TPSA) is 129 Å². The predicted molar refractivity (Wildman–Crippen MR) is 420 cm³/mol. The van der Waals surface area contributed by atoms with E-state index < -0.39 is 0 Å². The molecular formula is C90H156O7. The van der Waals surface area contributed by atoms with Crippen LogP contribution in [0.3, 0.4) is 0 Å². The van der Waals surface area contributed by atoms with E-state index in [9.17, 15) is 34.5 Å². The van der Waals surface area contributed by atoms with Crippen molar-refractivity contribution in [3.63, 3.8) is 0 Å². The van der Waals surface area contributed by atoms with Gasteiger partial charge >= 0.3 is 0 Å². The van der Waals surface area contributed by atoms with E-state index in [-0.39, 0.29) is 18.3 Å². The number of allylic oxidation sites excluding steroid dienone is 13. The molecule has 0 radical (unpaired) electrons. The van der Waals surface area contributed by atoms with Crippen LogP contribution in [0.5, 0.6) is 0 Å². The van der Waals surface area contributed by atoms with Gasteiger partial charge in [-0.2, -0.15) is 0 Å². The molecule has 0 aliphatic heterocycles. The summed E-state index contributed by atoms with van der Waals surface area (Å²) in [5.41, 5.74) is 9.22. The summed E-state index contributed by atoms with van der Waals surface area (Å²) in [6.07, 6.45) is 70.5. The van der Waals surface area contributed by atoms with Crippen LogP contribution >= 0.6 is 0 Å². The summed E-state index contributed by atoms with van der Waals surface area (Å²) in [5.74, 6) is 6.87. The predicted octanol–water partition coefficient (Wildman–Crippen LogP) is 25.8. The highest BCUT2D eigenvalue weighted by molar-refractivity contribution is 5.92. The average molecular weight is 1350 g/mol. The lowest BCUT2D eigenvalue weighted by atomic mass is 9.82. The van der Waals surface area contributed by atoms with Gasteiger partial charge in [-0.1, -0.05) is 272 Å². The molecule has 0 fully saturated rings. The van der Waals surface area contributed by atoms with E-state index in [0.29, 0.717) is 46.8 Å². The second-order valence-electron chi connectivity index (χ2n) is 32.0. The molecule has 7 nitrogen and oxygen atoms in total. The minimum Gasteiger partial charge on any atom is -0.389 e. The maximum atomic E-state index is 11.3. The molecule has 7 rings (SSSR count). The fourth-order valence-electron chi connectivity index (χ4n) is 15.9. The number of aliphatic hydroxyl groups excluding tert-OH is 3. The lowest BCUT2D eigenvalue weighted by molar-refractivity contribution is -0.116. The Morgan fingerprint density at radius 2 is 0.588 bits per heavy atom. The normalized spacial score (nSPS) is 25.1. The van der Waals surface area contributed by atoms with Gasteiger partial charge in [-0.15, -0.1) is 0 Å². The first kappa shape index (κ1) is 91.5. The number of rotatable bonds is 32. The Kier molecular flexibility index (Phi) is 54.7. The van der Waals surface area contributed by atoms with Crippen molar-refractivity contribution in [2.24, 2.45) is 47.3 Å². The van der Waals surface area contributed by atoms with Crippen molar-refractivity contribution in [2.75, 3.05) is 0 Å². The highest BCUT2D eigenvalue weighted by Crippen LogP contribution is 2.34. The fourth-order valence-corrected chi connectivity index (χ4v) is 15.9. The second-order valence-corrected chi connectivity index (χ2v) is 32.0. The molecule has 7 aliphatic carbocycles. The van der Waals surface area contributed by atoms with Gasteiger partial charge in [0.05, 0.1) is 18.3 Å². The first-order valence-electron chi connectivity index (χ1n) is 40.9. The van der Waals surface area contributed by atoms with Crippen LogP contribution < -0.4 is 0 Å². The van der Waals surface area contributed by atoms with Gasteiger partial charge in [0.25, 0.3) is 0 Å². The summed E-state index contributed by atoms with van der Waals surface area (Å²) in [6, 6.07) is 0. The smallest absolute Gasteiger partial charge is 0.155 e. The van der Waals surface area contributed by atoms with Crippen molar-refractivity contribution < 1.29 is 34.5 Å². The van der Waals surface area contributed by atoms with Gasteiger partial charge in [-0.25, -0.2) is 0 Å². The zero-order valence-electron chi connectivity index (χ0n) is 66.1. The molecule has 0 amide bonds. The van der Waals surface area contributed by atoms with Crippen LogP contribution in [0, 0.1) is 47.3 Å². The maximum absolute atomic E-state index is 11.3. The van der Waals surface area contributed by atoms with Gasteiger partial charge in [0.15, 0.2) is 23.1 Å². The van der Waals surface area contributed by atoms with Crippen LogP contribution in [0.25, 0.3) is 0 Å². The monoisotopic (exact) mass is 1350 g/mol. The number of hydrogen-bond acceptors (Lipinski definition) is 7. The number of carbonyl (C=O) groups is 4. The Hall–Kier alpha value is -3.52. The molecule has 0 spiro atoms. The van der Waals surface area contributed by atoms with Gasteiger partial charge in [0.2, 0.25) is 0 Å². The van der Waals surface area contributed by atoms with Crippen molar-refractivity contribution in [2.45, 2.75) is 405 Å². The molecule has 0 saturated carbocycles. The Morgan fingerprint density at radius 1 is 0.330 bits per heavy atom. The molecule has 0 saturated heterocycles. The van der Waals surface area contributed by atoms with E-state index >= 15 is 0 Å². The van der Waals surface area contributed by atoms with Gasteiger partial charge in [-0.05, 0) is 229 Å². The van der Waals surface area contributed by atoms with Crippen molar-refractivity contribution in [1.29, 1.82) is 0 Å². The van der Waals surface area contributed by atoms with Gasteiger partial charge in [-0.3, -0.25) is 19.2 Å². The number of hydrogen-bond donors (Lipinski definition) is 3. The van der Waals surface area contributed by atoms with Crippen LogP contribution in [-0.4, -0.2) is 56.8 Å². The summed E-state index contributed by atoms with van der Waals surface area (Å²) >= 11 is 0. The third kappa shape index (κ3) is 50.5. The minimum absolute atomic E-state index is 0.166. The molecule has 0 bridgehead atoms. The zero-order valence-corrected chi connectivity index (χ0v) is 66.1. The SMILES string of the molecule is CC/C=C\CCC1CC(=O)C=C(C)C1.CCC(C)CC1CC(C)=CC(O)C1.CCCCCC1CC(=O)C=C(C)C1.CCCCCC1CC(C)=CC(O)C1.CCCCCCC1CC(=O)C=C(C)C1.CCCCCCCC1CC(=O)C=C(C)C1.CCCCCCCC1CC(C)=CC(O)C1. The minimum atomic E-state index is -0.178. The molecule has 7 aliphatic rings. The molecule has 0 aromatic heterocycles. The highest BCUT2D eigenvalue weighted by Gasteiger charge is 2.24. The molecule has 3 N–H and O–H groups in total. The molecule has 0 aromatic carbocycles. The number of unbranched alkanes of at least 4 members (excludes halogenated alkanes) is 15. The van der Waals surface area contributed by atoms with Crippen LogP contribution in [0.1, 0.15) is 386 Å². The molecule has 11 unspecified atom stereocenters. The highest BCUT2D eigenvalue weighted by atomic mass is 16.3. The molecule has 0 aromatic rings. The summed E-state index contributed by atoms with van der Waals surface area (Å²) in [4.78, 5) is 45.2. The van der Waals surface area contributed by atoms with E-state index in [4.69, 9.17) is 0 Å². The lowest BCUT2D eigenvalue weighted by Crippen LogP contribution is -2.19. The van der Waals surface area contributed by atoms with Crippen LogP contribution in [0.15, 0.2) is 93.7 Å². The van der Waals surface area contributed by atoms with E-state index in [2.05, 4.69) is 116 Å². The van der Waals surface area contributed by atoms with Crippen molar-refractivity contribution in [3.8, 4) is 0 Å². The standard InChI is InChI=1S/C14H26O.C14H24O.C13H22O.C13H20O.2C12H22O.C12H20O/c2*1-3-4-5-6-7-8-13-9-12(2)10-14(15)11-13;2*1-3-4-5-6-7-12-8-11(2)9-13(14)10-12;1-4-9(2)5-11-6-10(3)7-12(13)8-11;2*1-3-4-5-6-11-7-10(2)8-12(13)9-11/h10,13-15H,3-9,11H2,1-2H3;10,13H,3-9,11H2,1-2H3;9,12H,3-8,10H2,1-2H3;4-5,9,12H,3,6-8,10H2,1-2H3;7,9,11-13H,4-6,8H2,1-3H3;8,11-13H,3-7,9H2,1-2H3;8,11H,3-7,9H2,1-2H3/b;;;5-4-;;;. The molecule has 558 valence electrons. The Bertz CT molecular complexity index is 2350. The van der Waals surface area contributed by atoms with Gasteiger partial charge in [0, 0.05) is 25.7 Å². The van der Waals surface area contributed by atoms with E-state index in [0.717, 1.165) is 114 Å². The Balaban J connectivity index is 0.000000566. The van der Waals surface area contributed by atoms with E-state index in [1.54, 1.807) is 6.08 Å². The second kappa shape index (κ2) is 58.0. The quantitative estimate of drug-likeness (QED) is 0.0452. The number of ketones is 4. The van der Waals surface area contributed by atoms with Crippen LogP contribution in [-0.2, 0) is 19.2 Å². The molecule has 97 heavy (non-hydrogen) atoms. The largest absolute Gasteiger partial charge is 0.389 e. The first-order valence-corrected chi connectivity index (χ1v) is 40.9.